The minimum absolute atomic E-state index is 0.567. The molecule has 15 heavy (non-hydrogen) atoms. The number of hydrogen-bond acceptors (Lipinski definition) is 4. The van der Waals surface area contributed by atoms with Crippen LogP contribution < -0.4 is 5.32 Å². The number of nitrogens with one attached hydrogen (secondary N) is 1. The second kappa shape index (κ2) is 7.39. The highest BCUT2D eigenvalue weighted by molar-refractivity contribution is 4.90. The Morgan fingerprint density at radius 2 is 2.40 bits per heavy atom. The van der Waals surface area contributed by atoms with Crippen LogP contribution in [0.25, 0.3) is 0 Å². The van der Waals surface area contributed by atoms with E-state index in [-0.39, 0.29) is 0 Å². The first-order valence-electron chi connectivity index (χ1n) is 5.16. The van der Waals surface area contributed by atoms with Crippen molar-refractivity contribution in [1.82, 2.24) is 14.9 Å². The first kappa shape index (κ1) is 12.2. The monoisotopic (exact) mass is 213 g/mol. The van der Waals surface area contributed by atoms with Gasteiger partial charge in [0.2, 0.25) is 0 Å². The van der Waals surface area contributed by atoms with Crippen molar-refractivity contribution in [1.29, 1.82) is 0 Å². The summed E-state index contributed by atoms with van der Waals surface area (Å²) in [5, 5.41) is 3.24. The van der Waals surface area contributed by atoms with E-state index in [1.54, 1.807) is 13.3 Å². The zero-order chi connectivity index (χ0) is 10.9. The fourth-order valence-electron chi connectivity index (χ4n) is 1.19. The molecule has 0 saturated heterocycles. The third-order valence-corrected chi connectivity index (χ3v) is 2.00. The molecule has 0 aliphatic carbocycles. The molecule has 5 nitrogen and oxygen atoms in total. The summed E-state index contributed by atoms with van der Waals surface area (Å²) in [6.07, 6.45) is 3.70. The first-order chi connectivity index (χ1) is 7.38. The van der Waals surface area contributed by atoms with E-state index in [4.69, 9.17) is 9.47 Å². The molecular formula is C10H19N3O2. The van der Waals surface area contributed by atoms with Gasteiger partial charge < -0.3 is 19.4 Å². The van der Waals surface area contributed by atoms with Crippen molar-refractivity contribution < 1.29 is 9.47 Å². The Balaban J connectivity index is 2.29. The van der Waals surface area contributed by atoms with Crippen LogP contribution in [-0.4, -0.2) is 36.4 Å². The fourth-order valence-corrected chi connectivity index (χ4v) is 1.19. The molecule has 1 aromatic heterocycles. The van der Waals surface area contributed by atoms with Crippen LogP contribution in [0.4, 0.5) is 0 Å². The Hall–Kier alpha value is -0.910. The SMILES string of the molecule is CCOCn1ccnc1CNCCOC. The zero-order valence-corrected chi connectivity index (χ0v) is 9.40. The van der Waals surface area contributed by atoms with Crippen LogP contribution in [0, 0.1) is 0 Å². The molecule has 1 aromatic rings. The number of hydrogen-bond donors (Lipinski definition) is 1. The molecule has 0 aromatic carbocycles. The third kappa shape index (κ3) is 4.42. The van der Waals surface area contributed by atoms with Crippen LogP contribution in [0.2, 0.25) is 0 Å². The van der Waals surface area contributed by atoms with E-state index in [0.717, 1.165) is 18.9 Å². The average Bonchev–Trinajstić information content (AvgIpc) is 2.69. The van der Waals surface area contributed by atoms with Crippen LogP contribution in [-0.2, 0) is 22.7 Å². The predicted octanol–water partition coefficient (Wildman–Crippen LogP) is 0.613. The van der Waals surface area contributed by atoms with Crippen molar-refractivity contribution in [3.05, 3.63) is 18.2 Å². The summed E-state index contributed by atoms with van der Waals surface area (Å²) in [4.78, 5) is 4.25. The maximum atomic E-state index is 5.32. The number of ether oxygens (including phenoxy) is 2. The molecule has 0 atom stereocenters. The quantitative estimate of drug-likeness (QED) is 0.643. The predicted molar refractivity (Wildman–Crippen MR) is 57.4 cm³/mol. The Morgan fingerprint density at radius 3 is 3.13 bits per heavy atom. The van der Waals surface area contributed by atoms with Gasteiger partial charge in [-0.05, 0) is 6.92 Å². The Bertz CT molecular complexity index is 263. The van der Waals surface area contributed by atoms with Gasteiger partial charge in [-0.2, -0.15) is 0 Å². The van der Waals surface area contributed by atoms with Gasteiger partial charge in [-0.3, -0.25) is 0 Å². The molecule has 86 valence electrons. The molecule has 0 aliphatic rings. The van der Waals surface area contributed by atoms with Crippen LogP contribution in [0.15, 0.2) is 12.4 Å². The van der Waals surface area contributed by atoms with Gasteiger partial charge in [-0.25, -0.2) is 4.98 Å². The summed E-state index contributed by atoms with van der Waals surface area (Å²) < 4.78 is 12.2. The summed E-state index contributed by atoms with van der Waals surface area (Å²) in [6.45, 7) is 5.55. The molecule has 0 spiro atoms. The van der Waals surface area contributed by atoms with E-state index in [1.165, 1.54) is 0 Å². The highest BCUT2D eigenvalue weighted by atomic mass is 16.5. The number of nitrogens with zero attached hydrogens (tertiary/aromatic N) is 2. The molecule has 0 saturated carbocycles. The van der Waals surface area contributed by atoms with Gasteiger partial charge in [-0.15, -0.1) is 0 Å². The van der Waals surface area contributed by atoms with Gasteiger partial charge >= 0.3 is 0 Å². The molecule has 1 heterocycles. The van der Waals surface area contributed by atoms with Gasteiger partial charge in [0.15, 0.2) is 0 Å². The topological polar surface area (TPSA) is 48.3 Å². The molecule has 0 fully saturated rings. The van der Waals surface area contributed by atoms with Crippen molar-refractivity contribution >= 4 is 0 Å². The molecule has 0 radical (unpaired) electrons. The molecule has 1 N–H and O–H groups in total. The van der Waals surface area contributed by atoms with Crippen LogP contribution in [0.3, 0.4) is 0 Å². The largest absolute Gasteiger partial charge is 0.383 e. The van der Waals surface area contributed by atoms with Gasteiger partial charge in [0.25, 0.3) is 0 Å². The maximum absolute atomic E-state index is 5.32. The van der Waals surface area contributed by atoms with E-state index in [0.29, 0.717) is 19.9 Å². The molecule has 0 aliphatic heterocycles. The van der Waals surface area contributed by atoms with Crippen LogP contribution in [0.1, 0.15) is 12.7 Å². The first-order valence-corrected chi connectivity index (χ1v) is 5.16. The lowest BCUT2D eigenvalue weighted by atomic mass is 10.5. The molecule has 0 unspecified atom stereocenters. The highest BCUT2D eigenvalue weighted by Crippen LogP contribution is 1.97. The normalized spacial score (nSPS) is 10.8. The Labute approximate surface area is 90.4 Å². The Morgan fingerprint density at radius 1 is 1.53 bits per heavy atom. The van der Waals surface area contributed by atoms with Crippen molar-refractivity contribution in [3.8, 4) is 0 Å². The second-order valence-electron chi connectivity index (χ2n) is 3.10. The standard InChI is InChI=1S/C10H19N3O2/c1-3-15-9-13-6-4-12-10(13)8-11-5-7-14-2/h4,6,11H,3,5,7-9H2,1-2H3. The fraction of sp³-hybridized carbons (Fsp3) is 0.700. The molecule has 0 bridgehead atoms. The summed E-state index contributed by atoms with van der Waals surface area (Å²) in [5.74, 6) is 0.986. The van der Waals surface area contributed by atoms with E-state index >= 15 is 0 Å². The van der Waals surface area contributed by atoms with Crippen molar-refractivity contribution in [3.63, 3.8) is 0 Å². The summed E-state index contributed by atoms with van der Waals surface area (Å²) in [7, 11) is 1.69. The third-order valence-electron chi connectivity index (χ3n) is 2.00. The smallest absolute Gasteiger partial charge is 0.124 e. The Kier molecular flexibility index (Phi) is 5.99. The molecule has 0 amide bonds. The minimum Gasteiger partial charge on any atom is -0.383 e. The van der Waals surface area contributed by atoms with Crippen molar-refractivity contribution in [2.24, 2.45) is 0 Å². The molecular weight excluding hydrogens is 194 g/mol. The molecule has 5 heteroatoms. The second-order valence-corrected chi connectivity index (χ2v) is 3.10. The highest BCUT2D eigenvalue weighted by Gasteiger charge is 2.01. The van der Waals surface area contributed by atoms with E-state index in [1.807, 2.05) is 17.7 Å². The van der Waals surface area contributed by atoms with Gasteiger partial charge in [0, 0.05) is 32.7 Å². The van der Waals surface area contributed by atoms with Crippen molar-refractivity contribution in [2.45, 2.75) is 20.2 Å². The lowest BCUT2D eigenvalue weighted by Crippen LogP contribution is -2.21. The van der Waals surface area contributed by atoms with Gasteiger partial charge in [0.05, 0.1) is 13.2 Å². The average molecular weight is 213 g/mol. The molecule has 1 rings (SSSR count). The van der Waals surface area contributed by atoms with Crippen LogP contribution >= 0.6 is 0 Å². The summed E-state index contributed by atoms with van der Waals surface area (Å²) >= 11 is 0. The number of aromatic nitrogens is 2. The number of rotatable bonds is 8. The lowest BCUT2D eigenvalue weighted by molar-refractivity contribution is 0.0854. The van der Waals surface area contributed by atoms with Crippen molar-refractivity contribution in [2.75, 3.05) is 26.9 Å². The lowest BCUT2D eigenvalue weighted by Gasteiger charge is -2.08. The maximum Gasteiger partial charge on any atom is 0.124 e. The number of imidazole rings is 1. The van der Waals surface area contributed by atoms with Gasteiger partial charge in [-0.1, -0.05) is 0 Å². The van der Waals surface area contributed by atoms with E-state index < -0.39 is 0 Å². The van der Waals surface area contributed by atoms with Crippen LogP contribution in [0.5, 0.6) is 0 Å². The van der Waals surface area contributed by atoms with Gasteiger partial charge in [0.1, 0.15) is 12.6 Å². The van der Waals surface area contributed by atoms with E-state index in [9.17, 15) is 0 Å². The summed E-state index contributed by atoms with van der Waals surface area (Å²) in [5.41, 5.74) is 0. The summed E-state index contributed by atoms with van der Waals surface area (Å²) in [6, 6.07) is 0. The number of methoxy groups -OCH3 is 1. The zero-order valence-electron chi connectivity index (χ0n) is 9.40. The van der Waals surface area contributed by atoms with E-state index in [2.05, 4.69) is 10.3 Å². The minimum atomic E-state index is 0.567.